The second kappa shape index (κ2) is 8.20. The molecule has 3 nitrogen and oxygen atoms in total. The molecule has 0 amide bonds. The maximum atomic E-state index is 8.72. The first-order valence-corrected chi connectivity index (χ1v) is 6.60. The van der Waals surface area contributed by atoms with E-state index in [-0.39, 0.29) is 0 Å². The largest absolute Gasteiger partial charge is 0.383 e. The van der Waals surface area contributed by atoms with Gasteiger partial charge in [0, 0.05) is 26.1 Å². The fourth-order valence-electron chi connectivity index (χ4n) is 1.74. The molecule has 0 spiro atoms. The Bertz CT molecular complexity index is 418. The standard InChI is InChI=1S/C13H16Cl2N2O/c1-18-9-8-17(7-3-6-16)13-11(10-14)4-2-5-12(13)15/h2,4-5H,3,7-10H2,1H3. The summed E-state index contributed by atoms with van der Waals surface area (Å²) >= 11 is 12.2. The highest BCUT2D eigenvalue weighted by molar-refractivity contribution is 6.33. The molecule has 1 rings (SSSR count). The molecule has 0 saturated heterocycles. The van der Waals surface area contributed by atoms with Crippen LogP contribution in [-0.2, 0) is 10.6 Å². The van der Waals surface area contributed by atoms with Crippen molar-refractivity contribution in [2.75, 3.05) is 31.7 Å². The number of hydrogen-bond donors (Lipinski definition) is 0. The van der Waals surface area contributed by atoms with Gasteiger partial charge in [0.25, 0.3) is 0 Å². The molecule has 0 N–H and O–H groups in total. The Morgan fingerprint density at radius 3 is 2.78 bits per heavy atom. The third-order valence-corrected chi connectivity index (χ3v) is 3.18. The summed E-state index contributed by atoms with van der Waals surface area (Å²) in [6, 6.07) is 7.80. The van der Waals surface area contributed by atoms with E-state index in [0.717, 1.165) is 11.3 Å². The Morgan fingerprint density at radius 2 is 2.17 bits per heavy atom. The van der Waals surface area contributed by atoms with E-state index in [1.54, 1.807) is 7.11 Å². The molecule has 5 heteroatoms. The zero-order valence-corrected chi connectivity index (χ0v) is 11.8. The number of ether oxygens (including phenoxy) is 1. The number of nitrogens with zero attached hydrogens (tertiary/aromatic N) is 2. The lowest BCUT2D eigenvalue weighted by molar-refractivity contribution is 0.205. The molecule has 0 aliphatic rings. The van der Waals surface area contributed by atoms with Crippen LogP contribution in [0.5, 0.6) is 0 Å². The Labute approximate surface area is 118 Å². The van der Waals surface area contributed by atoms with Gasteiger partial charge < -0.3 is 9.64 Å². The van der Waals surface area contributed by atoms with E-state index < -0.39 is 0 Å². The van der Waals surface area contributed by atoms with Crippen LogP contribution in [0.1, 0.15) is 12.0 Å². The highest BCUT2D eigenvalue weighted by Gasteiger charge is 2.14. The van der Waals surface area contributed by atoms with Crippen molar-refractivity contribution in [2.24, 2.45) is 0 Å². The molecular weight excluding hydrogens is 271 g/mol. The van der Waals surface area contributed by atoms with E-state index in [0.29, 0.717) is 37.0 Å². The minimum atomic E-state index is 0.395. The van der Waals surface area contributed by atoms with Crippen LogP contribution < -0.4 is 4.90 Å². The molecule has 0 atom stereocenters. The zero-order chi connectivity index (χ0) is 13.4. The summed E-state index contributed by atoms with van der Waals surface area (Å²) in [5.41, 5.74) is 1.87. The summed E-state index contributed by atoms with van der Waals surface area (Å²) in [6.45, 7) is 1.89. The third kappa shape index (κ3) is 4.06. The maximum Gasteiger partial charge on any atom is 0.0642 e. The topological polar surface area (TPSA) is 36.3 Å². The van der Waals surface area contributed by atoms with Crippen molar-refractivity contribution in [3.63, 3.8) is 0 Å². The summed E-state index contributed by atoms with van der Waals surface area (Å²) in [6.07, 6.45) is 0.441. The van der Waals surface area contributed by atoms with Gasteiger partial charge >= 0.3 is 0 Å². The van der Waals surface area contributed by atoms with E-state index in [1.807, 2.05) is 23.1 Å². The molecule has 0 radical (unpaired) electrons. The van der Waals surface area contributed by atoms with Crippen molar-refractivity contribution >= 4 is 28.9 Å². The first kappa shape index (κ1) is 15.1. The lowest BCUT2D eigenvalue weighted by Gasteiger charge is -2.26. The zero-order valence-electron chi connectivity index (χ0n) is 10.3. The predicted molar refractivity (Wildman–Crippen MR) is 75.3 cm³/mol. The summed E-state index contributed by atoms with van der Waals surface area (Å²) < 4.78 is 5.09. The van der Waals surface area contributed by atoms with Crippen molar-refractivity contribution in [3.8, 4) is 6.07 Å². The second-order valence-electron chi connectivity index (χ2n) is 3.77. The Balaban J connectivity index is 2.99. The number of hydrogen-bond acceptors (Lipinski definition) is 3. The van der Waals surface area contributed by atoms with Crippen molar-refractivity contribution < 1.29 is 4.74 Å². The maximum absolute atomic E-state index is 8.72. The number of para-hydroxylation sites is 1. The van der Waals surface area contributed by atoms with Crippen LogP contribution in [0.2, 0.25) is 5.02 Å². The molecule has 0 heterocycles. The molecule has 98 valence electrons. The van der Waals surface area contributed by atoms with Crippen LogP contribution in [0.25, 0.3) is 0 Å². The number of anilines is 1. The fourth-order valence-corrected chi connectivity index (χ4v) is 2.27. The van der Waals surface area contributed by atoms with Crippen LogP contribution in [0.15, 0.2) is 18.2 Å². The van der Waals surface area contributed by atoms with Gasteiger partial charge in [-0.1, -0.05) is 23.7 Å². The molecule has 1 aromatic rings. The van der Waals surface area contributed by atoms with Crippen LogP contribution in [0, 0.1) is 11.3 Å². The van der Waals surface area contributed by atoms with Gasteiger partial charge in [-0.15, -0.1) is 11.6 Å². The van der Waals surface area contributed by atoms with Gasteiger partial charge in [0.15, 0.2) is 0 Å². The van der Waals surface area contributed by atoms with E-state index in [4.69, 9.17) is 33.2 Å². The van der Waals surface area contributed by atoms with Gasteiger partial charge in [-0.25, -0.2) is 0 Å². The van der Waals surface area contributed by atoms with Gasteiger partial charge in [-0.2, -0.15) is 5.26 Å². The van der Waals surface area contributed by atoms with Crippen molar-refractivity contribution in [2.45, 2.75) is 12.3 Å². The smallest absolute Gasteiger partial charge is 0.0642 e. The number of benzene rings is 1. The number of halogens is 2. The average Bonchev–Trinajstić information content (AvgIpc) is 2.39. The third-order valence-electron chi connectivity index (χ3n) is 2.59. The van der Waals surface area contributed by atoms with Crippen LogP contribution in [0.4, 0.5) is 5.69 Å². The van der Waals surface area contributed by atoms with E-state index >= 15 is 0 Å². The average molecular weight is 287 g/mol. The molecule has 0 fully saturated rings. The number of methoxy groups -OCH3 is 1. The minimum absolute atomic E-state index is 0.395. The molecule has 0 aliphatic carbocycles. The SMILES string of the molecule is COCCN(CCC#N)c1c(Cl)cccc1CCl. The number of alkyl halides is 1. The van der Waals surface area contributed by atoms with E-state index in [2.05, 4.69) is 6.07 Å². The van der Waals surface area contributed by atoms with Gasteiger partial charge in [-0.3, -0.25) is 0 Å². The molecule has 0 saturated carbocycles. The van der Waals surface area contributed by atoms with Gasteiger partial charge in [-0.05, 0) is 11.6 Å². The molecule has 0 aliphatic heterocycles. The highest BCUT2D eigenvalue weighted by atomic mass is 35.5. The molecule has 18 heavy (non-hydrogen) atoms. The van der Waals surface area contributed by atoms with Gasteiger partial charge in [0.05, 0.1) is 29.8 Å². The first-order chi connectivity index (χ1) is 8.74. The van der Waals surface area contributed by atoms with E-state index in [9.17, 15) is 0 Å². The van der Waals surface area contributed by atoms with Crippen LogP contribution >= 0.6 is 23.2 Å². The molecule has 0 bridgehead atoms. The van der Waals surface area contributed by atoms with E-state index in [1.165, 1.54) is 0 Å². The minimum Gasteiger partial charge on any atom is -0.383 e. The predicted octanol–water partition coefficient (Wildman–Crippen LogP) is 3.45. The van der Waals surface area contributed by atoms with Gasteiger partial charge in [0.1, 0.15) is 0 Å². The normalized spacial score (nSPS) is 10.1. The highest BCUT2D eigenvalue weighted by Crippen LogP contribution is 2.31. The van der Waals surface area contributed by atoms with Crippen molar-refractivity contribution in [3.05, 3.63) is 28.8 Å². The lowest BCUT2D eigenvalue weighted by atomic mass is 10.1. The molecular formula is C13H16Cl2N2O. The molecule has 1 aromatic carbocycles. The molecule has 0 aromatic heterocycles. The monoisotopic (exact) mass is 286 g/mol. The lowest BCUT2D eigenvalue weighted by Crippen LogP contribution is -2.29. The van der Waals surface area contributed by atoms with Crippen molar-refractivity contribution in [1.82, 2.24) is 0 Å². The fraction of sp³-hybridized carbons (Fsp3) is 0.462. The van der Waals surface area contributed by atoms with Crippen LogP contribution in [-0.4, -0.2) is 26.8 Å². The Morgan fingerprint density at radius 1 is 1.39 bits per heavy atom. The Hall–Kier alpha value is -0.950. The molecule has 0 unspecified atom stereocenters. The first-order valence-electron chi connectivity index (χ1n) is 5.68. The number of rotatable bonds is 7. The Kier molecular flexibility index (Phi) is 6.89. The quantitative estimate of drug-likeness (QED) is 0.721. The summed E-state index contributed by atoms with van der Waals surface area (Å²) in [4.78, 5) is 2.05. The van der Waals surface area contributed by atoms with Crippen molar-refractivity contribution in [1.29, 1.82) is 5.26 Å². The van der Waals surface area contributed by atoms with Gasteiger partial charge in [0.2, 0.25) is 0 Å². The second-order valence-corrected chi connectivity index (χ2v) is 4.44. The number of nitriles is 1. The summed E-state index contributed by atoms with van der Waals surface area (Å²) in [5.74, 6) is 0.395. The van der Waals surface area contributed by atoms with Crippen LogP contribution in [0.3, 0.4) is 0 Å². The summed E-state index contributed by atoms with van der Waals surface area (Å²) in [5, 5.41) is 9.37. The summed E-state index contributed by atoms with van der Waals surface area (Å²) in [7, 11) is 1.65.